The third-order valence-corrected chi connectivity index (χ3v) is 5.93. The fourth-order valence-electron chi connectivity index (χ4n) is 4.14. The van der Waals surface area contributed by atoms with Crippen molar-refractivity contribution in [3.8, 4) is 23.1 Å². The van der Waals surface area contributed by atoms with Crippen molar-refractivity contribution in [3.63, 3.8) is 0 Å². The van der Waals surface area contributed by atoms with Crippen molar-refractivity contribution < 1.29 is 24.1 Å². The van der Waals surface area contributed by atoms with Crippen molar-refractivity contribution in [2.45, 2.75) is 58.3 Å². The summed E-state index contributed by atoms with van der Waals surface area (Å²) in [5, 5.41) is 30.0. The van der Waals surface area contributed by atoms with E-state index in [-0.39, 0.29) is 30.7 Å². The van der Waals surface area contributed by atoms with E-state index < -0.39 is 5.97 Å². The van der Waals surface area contributed by atoms with E-state index in [2.05, 4.69) is 30.7 Å². The van der Waals surface area contributed by atoms with Crippen LogP contribution in [-0.4, -0.2) is 77.2 Å². The molecule has 0 amide bonds. The van der Waals surface area contributed by atoms with E-state index in [1.54, 1.807) is 18.8 Å². The Kier molecular flexibility index (Phi) is 7.54. The van der Waals surface area contributed by atoms with Gasteiger partial charge in [0.15, 0.2) is 0 Å². The van der Waals surface area contributed by atoms with Crippen molar-refractivity contribution >= 4 is 5.97 Å². The Morgan fingerprint density at radius 1 is 1.26 bits per heavy atom. The second-order valence-electron chi connectivity index (χ2n) is 8.72. The molecular weight excluding hydrogens is 456 g/mol. The molecular formula is C22H30N8O5. The van der Waals surface area contributed by atoms with Gasteiger partial charge in [0.2, 0.25) is 0 Å². The van der Waals surface area contributed by atoms with Gasteiger partial charge in [-0.1, -0.05) is 15.4 Å². The molecule has 1 aliphatic carbocycles. The zero-order chi connectivity index (χ0) is 24.9. The number of rotatable bonds is 10. The van der Waals surface area contributed by atoms with Crippen LogP contribution in [0.2, 0.25) is 0 Å². The third-order valence-electron chi connectivity index (χ3n) is 5.93. The normalized spacial score (nSPS) is 18.9. The lowest BCUT2D eigenvalue weighted by Gasteiger charge is -2.27. The van der Waals surface area contributed by atoms with Gasteiger partial charge in [0, 0.05) is 14.2 Å². The van der Waals surface area contributed by atoms with E-state index in [1.165, 1.54) is 4.80 Å². The Bertz CT molecular complexity index is 1160. The number of aryl methyl sites for hydroxylation is 2. The van der Waals surface area contributed by atoms with Gasteiger partial charge in [-0.05, 0) is 56.9 Å². The molecule has 4 rings (SSSR count). The maximum absolute atomic E-state index is 11.4. The largest absolute Gasteiger partial charge is 0.489 e. The second-order valence-corrected chi connectivity index (χ2v) is 8.72. The Hall–Kier alpha value is -3.61. The molecule has 0 aliphatic heterocycles. The summed E-state index contributed by atoms with van der Waals surface area (Å²) in [5.41, 5.74) is 2.67. The molecule has 188 valence electrons. The van der Waals surface area contributed by atoms with Crippen LogP contribution in [0.15, 0.2) is 12.1 Å². The van der Waals surface area contributed by atoms with E-state index in [9.17, 15) is 9.90 Å². The Labute approximate surface area is 202 Å². The monoisotopic (exact) mass is 486 g/mol. The number of pyridine rings is 1. The van der Waals surface area contributed by atoms with Crippen LogP contribution in [0.4, 0.5) is 0 Å². The van der Waals surface area contributed by atoms with Gasteiger partial charge in [0.1, 0.15) is 24.1 Å². The minimum absolute atomic E-state index is 0.135. The summed E-state index contributed by atoms with van der Waals surface area (Å²) in [7, 11) is 3.38. The number of carboxylic acids is 1. The molecule has 0 spiro atoms. The van der Waals surface area contributed by atoms with Crippen molar-refractivity contribution in [1.29, 1.82) is 0 Å². The van der Waals surface area contributed by atoms with Crippen LogP contribution >= 0.6 is 0 Å². The third kappa shape index (κ3) is 5.91. The number of nitrogens with zero attached hydrogens (tertiary/aromatic N) is 8. The molecule has 1 unspecified atom stereocenters. The molecule has 3 aromatic heterocycles. The number of tetrazole rings is 1. The zero-order valence-corrected chi connectivity index (χ0v) is 20.3. The van der Waals surface area contributed by atoms with E-state index >= 15 is 0 Å². The Morgan fingerprint density at radius 3 is 2.83 bits per heavy atom. The van der Waals surface area contributed by atoms with Gasteiger partial charge in [-0.2, -0.15) is 4.80 Å². The number of carboxylic acid groups (broad SMARTS) is 1. The standard InChI is InChI=1S/C22H30N8O5/c1-13(12-33-4)34-22-25-28-30(26-22)11-18-20(24-27-29(18)3)17-8-9-19(14(2)23-17)35-16-7-5-6-15(10-16)21(31)32/h8-9,13,15-16H,5-7,10-12H2,1-4H3,(H,31,32)/t13?,15-,16-/m0/s1. The van der Waals surface area contributed by atoms with Gasteiger partial charge in [-0.25, -0.2) is 9.67 Å². The highest BCUT2D eigenvalue weighted by atomic mass is 16.5. The van der Waals surface area contributed by atoms with Gasteiger partial charge < -0.3 is 19.3 Å². The van der Waals surface area contributed by atoms with Crippen LogP contribution in [0.25, 0.3) is 11.4 Å². The molecule has 0 saturated heterocycles. The quantitative estimate of drug-likeness (QED) is 0.445. The average molecular weight is 487 g/mol. The molecule has 0 radical (unpaired) electrons. The van der Waals surface area contributed by atoms with E-state index in [0.717, 1.165) is 18.5 Å². The molecule has 3 heterocycles. The first-order valence-electron chi connectivity index (χ1n) is 11.5. The molecule has 1 aliphatic rings. The Morgan fingerprint density at radius 2 is 2.09 bits per heavy atom. The SMILES string of the molecule is COCC(C)Oc1nnn(Cc2c(-c3ccc(O[C@H]4CCC[C@H](C(=O)O)C4)c(C)n3)nnn2C)n1. The van der Waals surface area contributed by atoms with E-state index in [0.29, 0.717) is 42.3 Å². The molecule has 1 saturated carbocycles. The summed E-state index contributed by atoms with van der Waals surface area (Å²) >= 11 is 0. The van der Waals surface area contributed by atoms with Crippen LogP contribution < -0.4 is 9.47 Å². The van der Waals surface area contributed by atoms with Crippen LogP contribution in [0.5, 0.6) is 11.8 Å². The minimum Gasteiger partial charge on any atom is -0.489 e. The number of hydrogen-bond acceptors (Lipinski definition) is 10. The molecule has 1 N–H and O–H groups in total. The topological polar surface area (TPSA) is 152 Å². The molecule has 3 atom stereocenters. The van der Waals surface area contributed by atoms with Crippen molar-refractivity contribution in [1.82, 2.24) is 40.2 Å². The van der Waals surface area contributed by atoms with Crippen molar-refractivity contribution in [2.75, 3.05) is 13.7 Å². The van der Waals surface area contributed by atoms with Crippen LogP contribution in [0.1, 0.15) is 44.0 Å². The number of aromatic nitrogens is 8. The summed E-state index contributed by atoms with van der Waals surface area (Å²) in [6, 6.07) is 3.83. The number of methoxy groups -OCH3 is 1. The lowest BCUT2D eigenvalue weighted by atomic mass is 9.87. The lowest BCUT2D eigenvalue weighted by Crippen LogP contribution is -2.29. The van der Waals surface area contributed by atoms with Crippen molar-refractivity contribution in [2.24, 2.45) is 13.0 Å². The second kappa shape index (κ2) is 10.8. The predicted octanol–water partition coefficient (Wildman–Crippen LogP) is 1.66. The fourth-order valence-corrected chi connectivity index (χ4v) is 4.14. The van der Waals surface area contributed by atoms with Crippen LogP contribution in [0.3, 0.4) is 0 Å². The number of carbonyl (C=O) groups is 1. The maximum atomic E-state index is 11.4. The van der Waals surface area contributed by atoms with Gasteiger partial charge in [0.25, 0.3) is 0 Å². The smallest absolute Gasteiger partial charge is 0.356 e. The van der Waals surface area contributed by atoms with Crippen LogP contribution in [-0.2, 0) is 23.1 Å². The number of ether oxygens (including phenoxy) is 3. The molecule has 13 nitrogen and oxygen atoms in total. The van der Waals surface area contributed by atoms with Gasteiger partial charge in [-0.15, -0.1) is 5.10 Å². The first-order valence-corrected chi connectivity index (χ1v) is 11.5. The summed E-state index contributed by atoms with van der Waals surface area (Å²) < 4.78 is 18.4. The summed E-state index contributed by atoms with van der Waals surface area (Å²) in [6.45, 7) is 4.39. The molecule has 3 aromatic rings. The highest BCUT2D eigenvalue weighted by molar-refractivity contribution is 5.70. The molecule has 1 fully saturated rings. The molecule has 35 heavy (non-hydrogen) atoms. The van der Waals surface area contributed by atoms with E-state index in [4.69, 9.17) is 14.2 Å². The minimum atomic E-state index is -0.760. The Balaban J connectivity index is 1.47. The predicted molar refractivity (Wildman–Crippen MR) is 122 cm³/mol. The number of aliphatic carboxylic acids is 1. The maximum Gasteiger partial charge on any atom is 0.356 e. The van der Waals surface area contributed by atoms with Gasteiger partial charge >= 0.3 is 12.0 Å². The lowest BCUT2D eigenvalue weighted by molar-refractivity contribution is -0.143. The first-order chi connectivity index (χ1) is 16.8. The highest BCUT2D eigenvalue weighted by Gasteiger charge is 2.28. The van der Waals surface area contributed by atoms with Gasteiger partial charge in [0.05, 0.1) is 35.7 Å². The summed E-state index contributed by atoms with van der Waals surface area (Å²) in [4.78, 5) is 17.4. The molecule has 0 aromatic carbocycles. The average Bonchev–Trinajstić information content (AvgIpc) is 3.42. The van der Waals surface area contributed by atoms with Crippen molar-refractivity contribution in [3.05, 3.63) is 23.5 Å². The fraction of sp³-hybridized carbons (Fsp3) is 0.591. The molecule has 13 heteroatoms. The summed E-state index contributed by atoms with van der Waals surface area (Å²) in [5.74, 6) is -0.480. The molecule has 0 bridgehead atoms. The first kappa shape index (κ1) is 24.5. The highest BCUT2D eigenvalue weighted by Crippen LogP contribution is 2.30. The zero-order valence-electron chi connectivity index (χ0n) is 20.3. The van der Waals surface area contributed by atoms with Gasteiger partial charge in [-0.3, -0.25) is 4.79 Å². The number of hydrogen-bond donors (Lipinski definition) is 1. The van der Waals surface area contributed by atoms with Crippen LogP contribution in [0, 0.1) is 12.8 Å². The van der Waals surface area contributed by atoms with E-state index in [1.807, 2.05) is 26.0 Å². The summed E-state index contributed by atoms with van der Waals surface area (Å²) in [6.07, 6.45) is 2.53.